The lowest BCUT2D eigenvalue weighted by molar-refractivity contribution is -0.121. The fourth-order valence-corrected chi connectivity index (χ4v) is 4.66. The molecule has 1 aliphatic carbocycles. The van der Waals surface area contributed by atoms with E-state index in [1.165, 1.54) is 17.5 Å². The number of hydrogen-bond acceptors (Lipinski definition) is 6. The van der Waals surface area contributed by atoms with E-state index in [-0.39, 0.29) is 18.4 Å². The Hall–Kier alpha value is -3.19. The van der Waals surface area contributed by atoms with Crippen molar-refractivity contribution in [2.75, 3.05) is 0 Å². The Morgan fingerprint density at radius 3 is 2.93 bits per heavy atom. The van der Waals surface area contributed by atoms with Gasteiger partial charge in [-0.05, 0) is 59.5 Å². The minimum absolute atomic E-state index is 0.0494. The fourth-order valence-electron chi connectivity index (χ4n) is 3.86. The second-order valence-electron chi connectivity index (χ2n) is 7.39. The Labute approximate surface area is 177 Å². The highest BCUT2D eigenvalue weighted by Gasteiger charge is 2.21. The molecule has 0 bridgehead atoms. The smallest absolute Gasteiger partial charge is 0.238 e. The van der Waals surface area contributed by atoms with E-state index in [0.29, 0.717) is 23.9 Å². The second kappa shape index (κ2) is 8.28. The summed E-state index contributed by atoms with van der Waals surface area (Å²) in [4.78, 5) is 18.2. The molecule has 0 fully saturated rings. The van der Waals surface area contributed by atoms with Crippen LogP contribution in [-0.2, 0) is 24.1 Å². The predicted molar refractivity (Wildman–Crippen MR) is 113 cm³/mol. The SMILES string of the molecule is O=C(CCc1nc(-c2ccco2)no1)NC(c1ccc2c(c1)CCC2)c1cccs1. The lowest BCUT2D eigenvalue weighted by Gasteiger charge is -2.19. The molecule has 3 heterocycles. The van der Waals surface area contributed by atoms with Crippen molar-refractivity contribution >= 4 is 17.2 Å². The molecule has 0 spiro atoms. The summed E-state index contributed by atoms with van der Waals surface area (Å²) in [5.74, 6) is 1.31. The van der Waals surface area contributed by atoms with Gasteiger partial charge in [0.1, 0.15) is 0 Å². The van der Waals surface area contributed by atoms with Gasteiger partial charge >= 0.3 is 0 Å². The molecule has 5 rings (SSSR count). The summed E-state index contributed by atoms with van der Waals surface area (Å²) in [6, 6.07) is 14.1. The Kier molecular flexibility index (Phi) is 5.19. The maximum Gasteiger partial charge on any atom is 0.238 e. The molecular formula is C23H21N3O3S. The maximum absolute atomic E-state index is 12.7. The molecule has 1 N–H and O–H groups in total. The van der Waals surface area contributed by atoms with Crippen molar-refractivity contribution in [3.8, 4) is 11.6 Å². The van der Waals surface area contributed by atoms with Crippen molar-refractivity contribution < 1.29 is 13.7 Å². The number of carbonyl (C=O) groups is 1. The topological polar surface area (TPSA) is 81.2 Å². The van der Waals surface area contributed by atoms with E-state index >= 15 is 0 Å². The molecule has 152 valence electrons. The molecule has 1 aliphatic rings. The highest BCUT2D eigenvalue weighted by Crippen LogP contribution is 2.30. The number of aryl methyl sites for hydroxylation is 3. The summed E-state index contributed by atoms with van der Waals surface area (Å²) < 4.78 is 10.5. The molecule has 0 aliphatic heterocycles. The molecule has 3 aromatic heterocycles. The normalized spacial score (nSPS) is 13.9. The number of nitrogens with zero attached hydrogens (tertiary/aromatic N) is 2. The average Bonchev–Trinajstić information content (AvgIpc) is 3.57. The number of benzene rings is 1. The first-order valence-corrected chi connectivity index (χ1v) is 10.9. The third-order valence-electron chi connectivity index (χ3n) is 5.36. The van der Waals surface area contributed by atoms with Crippen LogP contribution in [0.2, 0.25) is 0 Å². The van der Waals surface area contributed by atoms with Crippen LogP contribution in [0, 0.1) is 0 Å². The van der Waals surface area contributed by atoms with E-state index in [2.05, 4.69) is 39.7 Å². The quantitative estimate of drug-likeness (QED) is 0.469. The zero-order valence-corrected chi connectivity index (χ0v) is 17.2. The first-order valence-electron chi connectivity index (χ1n) is 10.1. The Morgan fingerprint density at radius 2 is 2.10 bits per heavy atom. The monoisotopic (exact) mass is 419 g/mol. The summed E-state index contributed by atoms with van der Waals surface area (Å²) in [7, 11) is 0. The van der Waals surface area contributed by atoms with E-state index in [9.17, 15) is 4.79 Å². The second-order valence-corrected chi connectivity index (χ2v) is 8.37. The van der Waals surface area contributed by atoms with Crippen LogP contribution in [0.15, 0.2) is 63.0 Å². The largest absolute Gasteiger partial charge is 0.461 e. The van der Waals surface area contributed by atoms with Crippen LogP contribution < -0.4 is 5.32 Å². The predicted octanol–water partition coefficient (Wildman–Crippen LogP) is 4.72. The van der Waals surface area contributed by atoms with Crippen molar-refractivity contribution in [3.05, 3.63) is 81.6 Å². The van der Waals surface area contributed by atoms with E-state index in [0.717, 1.165) is 23.3 Å². The molecule has 6 nitrogen and oxygen atoms in total. The Morgan fingerprint density at radius 1 is 1.17 bits per heavy atom. The number of amides is 1. The van der Waals surface area contributed by atoms with Crippen LogP contribution in [0.4, 0.5) is 0 Å². The average molecular weight is 420 g/mol. The summed E-state index contributed by atoms with van der Waals surface area (Å²) in [6.07, 6.45) is 5.67. The molecule has 1 unspecified atom stereocenters. The minimum atomic E-state index is -0.148. The van der Waals surface area contributed by atoms with Crippen molar-refractivity contribution in [1.82, 2.24) is 15.5 Å². The lowest BCUT2D eigenvalue weighted by Crippen LogP contribution is -2.29. The van der Waals surface area contributed by atoms with Gasteiger partial charge < -0.3 is 14.3 Å². The van der Waals surface area contributed by atoms with Gasteiger partial charge in [-0.15, -0.1) is 11.3 Å². The van der Waals surface area contributed by atoms with Crippen molar-refractivity contribution in [2.45, 2.75) is 38.1 Å². The lowest BCUT2D eigenvalue weighted by atomic mass is 9.99. The number of thiophene rings is 1. The van der Waals surface area contributed by atoms with Gasteiger partial charge in [0, 0.05) is 17.7 Å². The molecule has 4 aromatic rings. The zero-order valence-electron chi connectivity index (χ0n) is 16.3. The number of hydrogen-bond donors (Lipinski definition) is 1. The summed E-state index contributed by atoms with van der Waals surface area (Å²) in [6.45, 7) is 0. The maximum atomic E-state index is 12.7. The number of furan rings is 1. The zero-order chi connectivity index (χ0) is 20.3. The van der Waals surface area contributed by atoms with Crippen molar-refractivity contribution in [2.24, 2.45) is 0 Å². The first kappa shape index (κ1) is 18.8. The summed E-state index contributed by atoms with van der Waals surface area (Å²) >= 11 is 1.65. The van der Waals surface area contributed by atoms with Crippen LogP contribution in [0.1, 0.15) is 46.3 Å². The molecule has 0 saturated carbocycles. The minimum Gasteiger partial charge on any atom is -0.461 e. The number of carbonyl (C=O) groups excluding carboxylic acids is 1. The van der Waals surface area contributed by atoms with Crippen LogP contribution >= 0.6 is 11.3 Å². The molecule has 1 amide bonds. The van der Waals surface area contributed by atoms with Crippen LogP contribution in [-0.4, -0.2) is 16.0 Å². The highest BCUT2D eigenvalue weighted by atomic mass is 32.1. The molecule has 7 heteroatoms. The van der Waals surface area contributed by atoms with Gasteiger partial charge in [-0.1, -0.05) is 29.4 Å². The summed E-state index contributed by atoms with van der Waals surface area (Å²) in [5.41, 5.74) is 3.96. The third-order valence-corrected chi connectivity index (χ3v) is 6.30. The highest BCUT2D eigenvalue weighted by molar-refractivity contribution is 7.10. The third kappa shape index (κ3) is 3.93. The number of nitrogens with one attached hydrogen (secondary N) is 1. The molecule has 0 radical (unpaired) electrons. The van der Waals surface area contributed by atoms with Gasteiger partial charge in [-0.2, -0.15) is 4.98 Å². The first-order chi connectivity index (χ1) is 14.8. The fraction of sp³-hybridized carbons (Fsp3) is 0.261. The summed E-state index contributed by atoms with van der Waals surface area (Å²) in [5, 5.41) is 9.14. The molecule has 30 heavy (non-hydrogen) atoms. The van der Waals surface area contributed by atoms with Gasteiger partial charge in [0.05, 0.1) is 12.3 Å². The van der Waals surface area contributed by atoms with Gasteiger partial charge in [-0.3, -0.25) is 4.79 Å². The van der Waals surface area contributed by atoms with Gasteiger partial charge in [0.2, 0.25) is 17.6 Å². The van der Waals surface area contributed by atoms with Gasteiger partial charge in [-0.25, -0.2) is 0 Å². The van der Waals surface area contributed by atoms with Crippen LogP contribution in [0.5, 0.6) is 0 Å². The van der Waals surface area contributed by atoms with Gasteiger partial charge in [0.15, 0.2) is 5.76 Å². The number of aromatic nitrogens is 2. The molecular weight excluding hydrogens is 398 g/mol. The van der Waals surface area contributed by atoms with E-state index < -0.39 is 0 Å². The number of rotatable bonds is 7. The Balaban J connectivity index is 1.27. The van der Waals surface area contributed by atoms with Gasteiger partial charge in [0.25, 0.3) is 0 Å². The van der Waals surface area contributed by atoms with E-state index in [1.54, 1.807) is 29.7 Å². The van der Waals surface area contributed by atoms with E-state index in [1.807, 2.05) is 11.4 Å². The van der Waals surface area contributed by atoms with Crippen LogP contribution in [0.25, 0.3) is 11.6 Å². The molecule has 1 aromatic carbocycles. The van der Waals surface area contributed by atoms with E-state index in [4.69, 9.17) is 8.94 Å². The molecule has 0 saturated heterocycles. The Bertz CT molecular complexity index is 1130. The standard InChI is InChI=1S/C23H21N3O3S/c27-20(10-11-21-25-23(26-29-21)18-6-2-12-28-18)24-22(19-7-3-13-30-19)17-9-8-15-4-1-5-16(15)14-17/h2-3,6-9,12-14,22H,1,4-5,10-11H2,(H,24,27). The van der Waals surface area contributed by atoms with Crippen molar-refractivity contribution in [1.29, 1.82) is 0 Å². The number of fused-ring (bicyclic) bond motifs is 1. The van der Waals surface area contributed by atoms with Crippen LogP contribution in [0.3, 0.4) is 0 Å². The molecule has 1 atom stereocenters. The van der Waals surface area contributed by atoms with Crippen molar-refractivity contribution in [3.63, 3.8) is 0 Å².